The summed E-state index contributed by atoms with van der Waals surface area (Å²) in [6, 6.07) is 1.80. The van der Waals surface area contributed by atoms with E-state index in [1.54, 1.807) is 6.07 Å². The summed E-state index contributed by atoms with van der Waals surface area (Å²) in [6.07, 6.45) is 2.87. The summed E-state index contributed by atoms with van der Waals surface area (Å²) in [7, 11) is 0. The Labute approximate surface area is 115 Å². The fraction of sp³-hybridized carbons (Fsp3) is 0.583. The van der Waals surface area contributed by atoms with Crippen LogP contribution in [-0.2, 0) is 6.54 Å². The van der Waals surface area contributed by atoms with Gasteiger partial charge in [0.1, 0.15) is 11.3 Å². The number of nitrogens with one attached hydrogen (secondary N) is 2. The summed E-state index contributed by atoms with van der Waals surface area (Å²) >= 11 is 3.38. The Morgan fingerprint density at radius 3 is 2.94 bits per heavy atom. The number of aliphatic hydroxyl groups is 1. The summed E-state index contributed by atoms with van der Waals surface area (Å²) in [5, 5.41) is 15.7. The van der Waals surface area contributed by atoms with Crippen LogP contribution in [0.2, 0.25) is 0 Å². The van der Waals surface area contributed by atoms with Crippen LogP contribution in [0.5, 0.6) is 0 Å². The second-order valence-electron chi connectivity index (χ2n) is 4.75. The maximum absolute atomic E-state index is 12.1. The zero-order chi connectivity index (χ0) is 13.2. The lowest BCUT2D eigenvalue weighted by Crippen LogP contribution is -2.64. The van der Waals surface area contributed by atoms with E-state index in [1.807, 2.05) is 10.8 Å². The van der Waals surface area contributed by atoms with E-state index in [1.165, 1.54) is 0 Å². The Morgan fingerprint density at radius 2 is 2.39 bits per heavy atom. The lowest BCUT2D eigenvalue weighted by Gasteiger charge is -2.37. The largest absolute Gasteiger partial charge is 0.385 e. The molecule has 1 fully saturated rings. The van der Waals surface area contributed by atoms with Crippen molar-refractivity contribution in [3.05, 3.63) is 22.4 Å². The zero-order valence-corrected chi connectivity index (χ0v) is 12.0. The maximum Gasteiger partial charge on any atom is 0.268 e. The number of carbonyl (C=O) groups excluding carboxylic acids is 1. The van der Waals surface area contributed by atoms with Gasteiger partial charge in [-0.3, -0.25) is 4.79 Å². The van der Waals surface area contributed by atoms with Crippen LogP contribution in [0.25, 0.3) is 0 Å². The molecule has 1 aromatic heterocycles. The molecule has 6 heteroatoms. The van der Waals surface area contributed by atoms with Crippen molar-refractivity contribution in [1.29, 1.82) is 0 Å². The lowest BCUT2D eigenvalue weighted by atomic mass is 9.97. The molecule has 1 aliphatic heterocycles. The van der Waals surface area contributed by atoms with E-state index in [4.69, 9.17) is 0 Å². The van der Waals surface area contributed by atoms with E-state index in [0.717, 1.165) is 17.4 Å². The molecule has 0 aromatic carbocycles. The number of carbonyl (C=O) groups is 1. The first-order valence-corrected chi connectivity index (χ1v) is 6.90. The molecule has 0 saturated carbocycles. The van der Waals surface area contributed by atoms with Crippen LogP contribution in [0.15, 0.2) is 16.7 Å². The molecule has 0 bridgehead atoms. The highest BCUT2D eigenvalue weighted by Crippen LogP contribution is 2.16. The molecule has 1 amide bonds. The SMILES string of the molecule is CCCn1cc(Br)cc1C(=O)NCC1(O)CNC1. The molecule has 0 aliphatic carbocycles. The standard InChI is InChI=1S/C12H18BrN3O2/c1-2-3-16-5-9(13)4-10(16)11(17)15-8-12(18)6-14-7-12/h4-5,14,18H,2-3,6-8H2,1H3,(H,15,17). The molecule has 1 saturated heterocycles. The topological polar surface area (TPSA) is 66.3 Å². The summed E-state index contributed by atoms with van der Waals surface area (Å²) in [4.78, 5) is 12.1. The molecule has 1 aliphatic rings. The molecular formula is C12H18BrN3O2. The molecule has 2 rings (SSSR count). The van der Waals surface area contributed by atoms with Crippen molar-refractivity contribution >= 4 is 21.8 Å². The van der Waals surface area contributed by atoms with Crippen LogP contribution in [0.3, 0.4) is 0 Å². The second-order valence-corrected chi connectivity index (χ2v) is 5.66. The minimum atomic E-state index is -0.783. The van der Waals surface area contributed by atoms with Crippen molar-refractivity contribution in [2.24, 2.45) is 0 Å². The van der Waals surface area contributed by atoms with Gasteiger partial charge in [-0.15, -0.1) is 0 Å². The maximum atomic E-state index is 12.1. The van der Waals surface area contributed by atoms with Crippen LogP contribution in [0, 0.1) is 0 Å². The van der Waals surface area contributed by atoms with Crippen molar-refractivity contribution in [3.8, 4) is 0 Å². The van der Waals surface area contributed by atoms with Crippen molar-refractivity contribution in [1.82, 2.24) is 15.2 Å². The van der Waals surface area contributed by atoms with Gasteiger partial charge in [0.25, 0.3) is 5.91 Å². The van der Waals surface area contributed by atoms with Crippen LogP contribution in [0.4, 0.5) is 0 Å². The van der Waals surface area contributed by atoms with Gasteiger partial charge in [-0.1, -0.05) is 6.92 Å². The number of β-amino-alcohol motifs (C(OH)–C–C–N with tert-alkyl or cyclic N) is 1. The number of nitrogens with zero attached hydrogens (tertiary/aromatic N) is 1. The number of rotatable bonds is 5. The van der Waals surface area contributed by atoms with E-state index in [9.17, 15) is 9.90 Å². The molecule has 2 heterocycles. The third-order valence-electron chi connectivity index (χ3n) is 3.05. The van der Waals surface area contributed by atoms with E-state index < -0.39 is 5.60 Å². The Hall–Kier alpha value is -0.850. The number of hydrogen-bond donors (Lipinski definition) is 3. The van der Waals surface area contributed by atoms with Gasteiger partial charge in [0.15, 0.2) is 0 Å². The van der Waals surface area contributed by atoms with Gasteiger partial charge in [0, 0.05) is 36.8 Å². The van der Waals surface area contributed by atoms with Crippen molar-refractivity contribution in [2.75, 3.05) is 19.6 Å². The number of aromatic nitrogens is 1. The number of aryl methyl sites for hydroxylation is 1. The van der Waals surface area contributed by atoms with Crippen molar-refractivity contribution in [3.63, 3.8) is 0 Å². The molecule has 100 valence electrons. The van der Waals surface area contributed by atoms with Crippen molar-refractivity contribution < 1.29 is 9.90 Å². The Kier molecular flexibility index (Phi) is 4.09. The summed E-state index contributed by atoms with van der Waals surface area (Å²) in [5.74, 6) is -0.144. The highest BCUT2D eigenvalue weighted by molar-refractivity contribution is 9.10. The molecular weight excluding hydrogens is 298 g/mol. The monoisotopic (exact) mass is 315 g/mol. The van der Waals surface area contributed by atoms with Gasteiger partial charge in [0.05, 0.1) is 0 Å². The van der Waals surface area contributed by atoms with Crippen LogP contribution in [0.1, 0.15) is 23.8 Å². The van der Waals surface area contributed by atoms with Crippen LogP contribution in [-0.4, -0.2) is 40.8 Å². The number of halogens is 1. The zero-order valence-electron chi connectivity index (χ0n) is 10.4. The fourth-order valence-electron chi connectivity index (χ4n) is 1.97. The Morgan fingerprint density at radius 1 is 1.67 bits per heavy atom. The van der Waals surface area contributed by atoms with Crippen molar-refractivity contribution in [2.45, 2.75) is 25.5 Å². The predicted octanol–water partition coefficient (Wildman–Crippen LogP) is 0.725. The van der Waals surface area contributed by atoms with E-state index in [-0.39, 0.29) is 12.5 Å². The van der Waals surface area contributed by atoms with Gasteiger partial charge in [0.2, 0.25) is 0 Å². The first kappa shape index (κ1) is 13.6. The summed E-state index contributed by atoms with van der Waals surface area (Å²) in [6.45, 7) is 4.23. The predicted molar refractivity (Wildman–Crippen MR) is 72.6 cm³/mol. The fourth-order valence-corrected chi connectivity index (χ4v) is 2.43. The molecule has 1 aromatic rings. The minimum absolute atomic E-state index is 0.144. The Balaban J connectivity index is 1.99. The first-order chi connectivity index (χ1) is 8.54. The van der Waals surface area contributed by atoms with Gasteiger partial charge < -0.3 is 20.3 Å². The van der Waals surface area contributed by atoms with E-state index in [0.29, 0.717) is 18.8 Å². The molecule has 0 unspecified atom stereocenters. The summed E-state index contributed by atoms with van der Waals surface area (Å²) < 4.78 is 2.81. The van der Waals surface area contributed by atoms with E-state index >= 15 is 0 Å². The first-order valence-electron chi connectivity index (χ1n) is 6.11. The van der Waals surface area contributed by atoms with Crippen LogP contribution < -0.4 is 10.6 Å². The van der Waals surface area contributed by atoms with E-state index in [2.05, 4.69) is 33.5 Å². The third kappa shape index (κ3) is 2.93. The smallest absolute Gasteiger partial charge is 0.268 e. The summed E-state index contributed by atoms with van der Waals surface area (Å²) in [5.41, 5.74) is -0.158. The minimum Gasteiger partial charge on any atom is -0.385 e. The van der Waals surface area contributed by atoms with Crippen LogP contribution >= 0.6 is 15.9 Å². The van der Waals surface area contributed by atoms with Gasteiger partial charge in [-0.2, -0.15) is 0 Å². The Bertz CT molecular complexity index is 441. The molecule has 0 radical (unpaired) electrons. The highest BCUT2D eigenvalue weighted by Gasteiger charge is 2.34. The molecule has 18 heavy (non-hydrogen) atoms. The van der Waals surface area contributed by atoms with Gasteiger partial charge in [-0.05, 0) is 28.4 Å². The average Bonchev–Trinajstić information content (AvgIpc) is 2.65. The highest BCUT2D eigenvalue weighted by atomic mass is 79.9. The average molecular weight is 316 g/mol. The number of hydrogen-bond acceptors (Lipinski definition) is 3. The second kappa shape index (κ2) is 5.42. The number of amides is 1. The molecule has 3 N–H and O–H groups in total. The molecule has 5 nitrogen and oxygen atoms in total. The molecule has 0 atom stereocenters. The van der Waals surface area contributed by atoms with Gasteiger partial charge >= 0.3 is 0 Å². The molecule has 0 spiro atoms. The third-order valence-corrected chi connectivity index (χ3v) is 3.48. The lowest BCUT2D eigenvalue weighted by molar-refractivity contribution is -0.00766. The van der Waals surface area contributed by atoms with Gasteiger partial charge in [-0.25, -0.2) is 0 Å². The quantitative estimate of drug-likeness (QED) is 0.750. The normalized spacial score (nSPS) is 17.3.